The lowest BCUT2D eigenvalue weighted by Crippen LogP contribution is -2.44. The predicted molar refractivity (Wildman–Crippen MR) is 80.4 cm³/mol. The summed E-state index contributed by atoms with van der Waals surface area (Å²) in [5.74, 6) is 1.56. The molecule has 1 aliphatic heterocycles. The van der Waals surface area contributed by atoms with Gasteiger partial charge in [-0.2, -0.15) is 14.6 Å². The van der Waals surface area contributed by atoms with Gasteiger partial charge in [0.2, 0.25) is 0 Å². The fraction of sp³-hybridized carbons (Fsp3) is 0.643. The number of piperidine rings is 1. The van der Waals surface area contributed by atoms with Gasteiger partial charge in [0, 0.05) is 30.8 Å². The molecule has 2 aromatic rings. The number of hydrogen-bond donors (Lipinski definition) is 2. The second-order valence-electron chi connectivity index (χ2n) is 5.79. The molecule has 1 fully saturated rings. The number of hydrogen-bond acceptors (Lipinski definition) is 6. The molecule has 0 bridgehead atoms. The molecular formula is C14H22N6O. The van der Waals surface area contributed by atoms with E-state index in [1.165, 1.54) is 6.33 Å². The summed E-state index contributed by atoms with van der Waals surface area (Å²) >= 11 is 0. The lowest BCUT2D eigenvalue weighted by molar-refractivity contribution is 0.0635. The minimum absolute atomic E-state index is 0.171. The Morgan fingerprint density at radius 3 is 3.00 bits per heavy atom. The van der Waals surface area contributed by atoms with Crippen LogP contribution in [0.2, 0.25) is 0 Å². The zero-order chi connectivity index (χ0) is 14.7. The maximum Gasteiger partial charge on any atom is 0.254 e. The van der Waals surface area contributed by atoms with Gasteiger partial charge in [0.15, 0.2) is 0 Å². The quantitative estimate of drug-likeness (QED) is 0.850. The molecule has 0 unspecified atom stereocenters. The van der Waals surface area contributed by atoms with Gasteiger partial charge in [0.05, 0.1) is 6.61 Å². The third-order valence-electron chi connectivity index (χ3n) is 4.14. The molecule has 1 saturated heterocycles. The molecule has 0 aromatic carbocycles. The van der Waals surface area contributed by atoms with Gasteiger partial charge >= 0.3 is 0 Å². The van der Waals surface area contributed by atoms with E-state index in [0.29, 0.717) is 5.78 Å². The lowest BCUT2D eigenvalue weighted by Gasteiger charge is -2.37. The first-order chi connectivity index (χ1) is 10.2. The molecule has 3 heterocycles. The number of fused-ring (bicyclic) bond motifs is 1. The first-order valence-corrected chi connectivity index (χ1v) is 7.33. The summed E-state index contributed by atoms with van der Waals surface area (Å²) in [6, 6.07) is 2.00. The molecule has 7 nitrogen and oxygen atoms in total. The number of ether oxygens (including phenoxy) is 1. The van der Waals surface area contributed by atoms with Crippen LogP contribution in [-0.4, -0.2) is 52.9 Å². The third-order valence-corrected chi connectivity index (χ3v) is 4.14. The van der Waals surface area contributed by atoms with E-state index in [1.807, 2.05) is 13.0 Å². The Morgan fingerprint density at radius 1 is 1.43 bits per heavy atom. The molecule has 114 valence electrons. The highest BCUT2D eigenvalue weighted by Gasteiger charge is 2.32. The Kier molecular flexibility index (Phi) is 4.03. The Bertz CT molecular complexity index is 599. The van der Waals surface area contributed by atoms with Crippen molar-refractivity contribution in [1.82, 2.24) is 24.9 Å². The highest BCUT2D eigenvalue weighted by atomic mass is 16.5. The van der Waals surface area contributed by atoms with E-state index in [-0.39, 0.29) is 5.41 Å². The van der Waals surface area contributed by atoms with Crippen molar-refractivity contribution in [3.8, 4) is 0 Å². The highest BCUT2D eigenvalue weighted by Crippen LogP contribution is 2.29. The summed E-state index contributed by atoms with van der Waals surface area (Å²) in [4.78, 5) is 8.51. The van der Waals surface area contributed by atoms with E-state index in [9.17, 15) is 0 Å². The standard InChI is InChI=1S/C14H22N6O/c1-11-7-12(20-13(19-11)17-10-18-20)16-8-14(9-21-2)3-5-15-6-4-14/h7,10,15-16H,3-6,8-9H2,1-2H3. The van der Waals surface area contributed by atoms with Gasteiger partial charge in [-0.3, -0.25) is 0 Å². The molecule has 0 spiro atoms. The van der Waals surface area contributed by atoms with Crippen LogP contribution in [0.5, 0.6) is 0 Å². The maximum absolute atomic E-state index is 5.45. The molecule has 0 radical (unpaired) electrons. The summed E-state index contributed by atoms with van der Waals surface area (Å²) in [7, 11) is 1.77. The molecule has 1 aliphatic rings. The molecule has 3 rings (SSSR count). The van der Waals surface area contributed by atoms with Crippen LogP contribution in [0.1, 0.15) is 18.5 Å². The fourth-order valence-electron chi connectivity index (χ4n) is 2.97. The van der Waals surface area contributed by atoms with E-state index < -0.39 is 0 Å². The number of aromatic nitrogens is 4. The van der Waals surface area contributed by atoms with Crippen LogP contribution in [0.3, 0.4) is 0 Å². The monoisotopic (exact) mass is 290 g/mol. The molecule has 0 aliphatic carbocycles. The van der Waals surface area contributed by atoms with Crippen molar-refractivity contribution in [2.75, 3.05) is 38.7 Å². The van der Waals surface area contributed by atoms with E-state index in [1.54, 1.807) is 11.6 Å². The second-order valence-corrected chi connectivity index (χ2v) is 5.79. The summed E-state index contributed by atoms with van der Waals surface area (Å²) in [6.07, 6.45) is 3.75. The number of methoxy groups -OCH3 is 1. The van der Waals surface area contributed by atoms with E-state index in [4.69, 9.17) is 4.74 Å². The molecule has 0 atom stereocenters. The van der Waals surface area contributed by atoms with E-state index >= 15 is 0 Å². The van der Waals surface area contributed by atoms with Crippen molar-refractivity contribution >= 4 is 11.6 Å². The molecule has 21 heavy (non-hydrogen) atoms. The SMILES string of the molecule is COCC1(CNc2cc(C)nc3ncnn23)CCNCC1. The largest absolute Gasteiger partial charge is 0.384 e. The van der Waals surface area contributed by atoms with Crippen molar-refractivity contribution in [2.45, 2.75) is 19.8 Å². The predicted octanol–water partition coefficient (Wildman–Crippen LogP) is 0.861. The van der Waals surface area contributed by atoms with Crippen LogP contribution in [0, 0.1) is 12.3 Å². The Morgan fingerprint density at radius 2 is 2.24 bits per heavy atom. The van der Waals surface area contributed by atoms with E-state index in [2.05, 4.69) is 25.7 Å². The lowest BCUT2D eigenvalue weighted by atomic mass is 9.79. The number of nitrogens with one attached hydrogen (secondary N) is 2. The highest BCUT2D eigenvalue weighted by molar-refractivity contribution is 5.44. The van der Waals surface area contributed by atoms with E-state index in [0.717, 1.165) is 50.6 Å². The van der Waals surface area contributed by atoms with Crippen molar-refractivity contribution in [2.24, 2.45) is 5.41 Å². The summed E-state index contributed by atoms with van der Waals surface area (Å²) < 4.78 is 7.20. The minimum atomic E-state index is 0.171. The zero-order valence-corrected chi connectivity index (χ0v) is 12.6. The maximum atomic E-state index is 5.45. The first-order valence-electron chi connectivity index (χ1n) is 7.33. The average molecular weight is 290 g/mol. The van der Waals surface area contributed by atoms with Gasteiger partial charge in [-0.15, -0.1) is 0 Å². The Balaban J connectivity index is 1.79. The normalized spacial score (nSPS) is 18.0. The number of rotatable bonds is 5. The summed E-state index contributed by atoms with van der Waals surface area (Å²) in [5, 5.41) is 11.2. The molecule has 0 amide bonds. The van der Waals surface area contributed by atoms with Crippen LogP contribution in [0.15, 0.2) is 12.4 Å². The third kappa shape index (κ3) is 2.98. The average Bonchev–Trinajstić information content (AvgIpc) is 2.94. The molecular weight excluding hydrogens is 268 g/mol. The fourth-order valence-corrected chi connectivity index (χ4v) is 2.97. The number of nitrogens with zero attached hydrogens (tertiary/aromatic N) is 4. The van der Waals surface area contributed by atoms with Gasteiger partial charge in [-0.1, -0.05) is 0 Å². The molecule has 7 heteroatoms. The van der Waals surface area contributed by atoms with Gasteiger partial charge in [-0.25, -0.2) is 4.98 Å². The van der Waals surface area contributed by atoms with Crippen molar-refractivity contribution in [3.63, 3.8) is 0 Å². The van der Waals surface area contributed by atoms with Gasteiger partial charge in [0.25, 0.3) is 5.78 Å². The smallest absolute Gasteiger partial charge is 0.254 e. The van der Waals surface area contributed by atoms with Crippen molar-refractivity contribution in [3.05, 3.63) is 18.1 Å². The van der Waals surface area contributed by atoms with Crippen LogP contribution >= 0.6 is 0 Å². The number of aryl methyl sites for hydroxylation is 1. The van der Waals surface area contributed by atoms with Crippen molar-refractivity contribution < 1.29 is 4.74 Å². The second kappa shape index (κ2) is 5.95. The Hall–Kier alpha value is -1.73. The van der Waals surface area contributed by atoms with Crippen molar-refractivity contribution in [1.29, 1.82) is 0 Å². The summed E-state index contributed by atoms with van der Waals surface area (Å²) in [6.45, 7) is 5.68. The van der Waals surface area contributed by atoms with Crippen LogP contribution in [-0.2, 0) is 4.74 Å². The Labute approximate surface area is 124 Å². The van der Waals surface area contributed by atoms with Crippen LogP contribution < -0.4 is 10.6 Å². The van der Waals surface area contributed by atoms with Crippen LogP contribution in [0.4, 0.5) is 5.82 Å². The van der Waals surface area contributed by atoms with Crippen LogP contribution in [0.25, 0.3) is 5.78 Å². The topological polar surface area (TPSA) is 76.4 Å². The molecule has 2 aromatic heterocycles. The van der Waals surface area contributed by atoms with Gasteiger partial charge < -0.3 is 15.4 Å². The first kappa shape index (κ1) is 14.2. The number of anilines is 1. The minimum Gasteiger partial charge on any atom is -0.384 e. The van der Waals surface area contributed by atoms with Gasteiger partial charge in [-0.05, 0) is 32.9 Å². The zero-order valence-electron chi connectivity index (χ0n) is 12.6. The molecule has 0 saturated carbocycles. The summed E-state index contributed by atoms with van der Waals surface area (Å²) in [5.41, 5.74) is 1.11. The van der Waals surface area contributed by atoms with Gasteiger partial charge in [0.1, 0.15) is 12.1 Å². The molecule has 2 N–H and O–H groups in total.